The van der Waals surface area contributed by atoms with Gasteiger partial charge in [-0.25, -0.2) is 0 Å². The van der Waals surface area contributed by atoms with E-state index in [-0.39, 0.29) is 18.9 Å². The summed E-state index contributed by atoms with van der Waals surface area (Å²) < 4.78 is 34.5. The summed E-state index contributed by atoms with van der Waals surface area (Å²) in [5.74, 6) is -0.234. The van der Waals surface area contributed by atoms with Crippen LogP contribution in [-0.4, -0.2) is 193 Å². The number of nitrogens with one attached hydrogen (secondary N) is 1. The Balaban J connectivity index is 1.41. The molecule has 17 unspecified atom stereocenters. The number of carbonyl (C=O) groups is 1. The molecular weight excluding hydrogens is 1140 g/mol. The number of ether oxygens (including phenoxy) is 6. The summed E-state index contributed by atoms with van der Waals surface area (Å²) in [5, 5.41) is 121. The Bertz CT molecular complexity index is 1620. The van der Waals surface area contributed by atoms with E-state index in [1.165, 1.54) is 231 Å². The zero-order chi connectivity index (χ0) is 64.7. The molecule has 0 spiro atoms. The molecule has 0 aromatic rings. The predicted octanol–water partition coefficient (Wildman–Crippen LogP) is 10.3. The van der Waals surface area contributed by atoms with E-state index < -0.39 is 124 Å². The van der Waals surface area contributed by atoms with Crippen LogP contribution in [0, 0.1) is 0 Å². The number of carbonyl (C=O) groups excluding carboxylic acids is 1. The Morgan fingerprint density at radius 3 is 0.978 bits per heavy atom. The lowest BCUT2D eigenvalue weighted by Crippen LogP contribution is -2.66. The maximum absolute atomic E-state index is 13.4. The SMILES string of the molecule is CCCCCCCCCCCCCCCCCCCCCCCCCCC(=O)NC(COC1OC(CO)C(OC2OC(CO)C(OC3OC(CO)C(O)C(O)C3O)C(O)C2O)C(O)C1O)C(O)CCCCCCCCCCCCCCCCCCCCCC. The first-order valence-electron chi connectivity index (χ1n) is 36.8. The van der Waals surface area contributed by atoms with Crippen LogP contribution in [0.25, 0.3) is 0 Å². The molecule has 0 bridgehead atoms. The van der Waals surface area contributed by atoms with Gasteiger partial charge in [0, 0.05) is 6.42 Å². The molecule has 19 heteroatoms. The summed E-state index contributed by atoms with van der Waals surface area (Å²) in [4.78, 5) is 13.4. The zero-order valence-electron chi connectivity index (χ0n) is 55.9. The molecule has 0 aliphatic carbocycles. The number of rotatable bonds is 58. The fourth-order valence-corrected chi connectivity index (χ4v) is 13.0. The van der Waals surface area contributed by atoms with Crippen LogP contribution in [-0.2, 0) is 33.2 Å². The van der Waals surface area contributed by atoms with Crippen molar-refractivity contribution in [2.45, 2.75) is 413 Å². The second kappa shape index (κ2) is 53.0. The molecule has 0 aromatic heterocycles. The molecule has 3 aliphatic rings. The van der Waals surface area contributed by atoms with Crippen molar-refractivity contribution in [3.63, 3.8) is 0 Å². The lowest BCUT2D eigenvalue weighted by Gasteiger charge is -2.48. The van der Waals surface area contributed by atoms with Gasteiger partial charge in [0.25, 0.3) is 0 Å². The number of amides is 1. The van der Waals surface area contributed by atoms with Crippen LogP contribution in [0.1, 0.15) is 309 Å². The van der Waals surface area contributed by atoms with E-state index in [2.05, 4.69) is 19.2 Å². The number of aliphatic hydroxyl groups excluding tert-OH is 11. The fourth-order valence-electron chi connectivity index (χ4n) is 13.0. The highest BCUT2D eigenvalue weighted by molar-refractivity contribution is 5.76. The maximum atomic E-state index is 13.4. The zero-order valence-corrected chi connectivity index (χ0v) is 55.9. The van der Waals surface area contributed by atoms with Crippen molar-refractivity contribution in [3.8, 4) is 0 Å². The van der Waals surface area contributed by atoms with Gasteiger partial charge >= 0.3 is 0 Å². The van der Waals surface area contributed by atoms with Crippen LogP contribution >= 0.6 is 0 Å². The smallest absolute Gasteiger partial charge is 0.220 e. The Morgan fingerprint density at radius 2 is 0.640 bits per heavy atom. The molecule has 3 aliphatic heterocycles. The minimum Gasteiger partial charge on any atom is -0.394 e. The van der Waals surface area contributed by atoms with Gasteiger partial charge in [-0.2, -0.15) is 0 Å². The highest BCUT2D eigenvalue weighted by Crippen LogP contribution is 2.33. The van der Waals surface area contributed by atoms with Crippen molar-refractivity contribution in [2.24, 2.45) is 0 Å². The van der Waals surface area contributed by atoms with Gasteiger partial charge in [-0.3, -0.25) is 4.79 Å². The van der Waals surface area contributed by atoms with Crippen molar-refractivity contribution < 1.29 is 89.4 Å². The van der Waals surface area contributed by atoms with E-state index in [4.69, 9.17) is 28.4 Å². The molecule has 0 radical (unpaired) electrons. The molecule has 528 valence electrons. The Hall–Kier alpha value is -1.21. The van der Waals surface area contributed by atoms with Crippen molar-refractivity contribution in [2.75, 3.05) is 26.4 Å². The quantitative estimate of drug-likeness (QED) is 0.0252. The Morgan fingerprint density at radius 1 is 0.360 bits per heavy atom. The third kappa shape index (κ3) is 34.9. The van der Waals surface area contributed by atoms with E-state index >= 15 is 0 Å². The summed E-state index contributed by atoms with van der Waals surface area (Å²) in [6.07, 6.45) is 30.4. The number of hydrogen-bond donors (Lipinski definition) is 12. The van der Waals surface area contributed by atoms with Gasteiger partial charge in [0.1, 0.15) is 73.2 Å². The minimum atomic E-state index is -1.97. The summed E-state index contributed by atoms with van der Waals surface area (Å²) >= 11 is 0. The molecular formula is C70H135NO18. The van der Waals surface area contributed by atoms with E-state index in [1.54, 1.807) is 0 Å². The molecule has 0 aromatic carbocycles. The normalized spacial score (nSPS) is 28.1. The van der Waals surface area contributed by atoms with Crippen LogP contribution in [0.3, 0.4) is 0 Å². The van der Waals surface area contributed by atoms with Gasteiger partial charge in [0.05, 0.1) is 38.6 Å². The van der Waals surface area contributed by atoms with E-state index in [0.29, 0.717) is 12.8 Å². The van der Waals surface area contributed by atoms with Crippen LogP contribution in [0.4, 0.5) is 0 Å². The third-order valence-corrected chi connectivity index (χ3v) is 18.9. The molecule has 89 heavy (non-hydrogen) atoms. The molecule has 17 atom stereocenters. The van der Waals surface area contributed by atoms with Gasteiger partial charge in [-0.1, -0.05) is 290 Å². The number of aliphatic hydroxyl groups is 11. The summed E-state index contributed by atoms with van der Waals surface area (Å²) in [6.45, 7) is 1.86. The van der Waals surface area contributed by atoms with E-state index in [0.717, 1.165) is 44.9 Å². The average Bonchev–Trinajstić information content (AvgIpc) is 1.92. The number of unbranched alkanes of at least 4 members (excludes halogenated alkanes) is 42. The third-order valence-electron chi connectivity index (χ3n) is 18.9. The van der Waals surface area contributed by atoms with Crippen LogP contribution in [0.5, 0.6) is 0 Å². The lowest BCUT2D eigenvalue weighted by molar-refractivity contribution is -0.379. The summed E-state index contributed by atoms with van der Waals surface area (Å²) in [5.41, 5.74) is 0. The van der Waals surface area contributed by atoms with Crippen molar-refractivity contribution >= 4 is 5.91 Å². The minimum absolute atomic E-state index is 0.234. The molecule has 0 saturated carbocycles. The van der Waals surface area contributed by atoms with E-state index in [9.17, 15) is 61.0 Å². The first kappa shape index (κ1) is 82.0. The average molecular weight is 1280 g/mol. The first-order chi connectivity index (χ1) is 43.3. The number of hydrogen-bond acceptors (Lipinski definition) is 18. The van der Waals surface area contributed by atoms with Gasteiger partial charge in [0.15, 0.2) is 18.9 Å². The van der Waals surface area contributed by atoms with Crippen molar-refractivity contribution in [1.82, 2.24) is 5.32 Å². The molecule has 3 saturated heterocycles. The molecule has 12 N–H and O–H groups in total. The van der Waals surface area contributed by atoms with E-state index in [1.807, 2.05) is 0 Å². The summed E-state index contributed by atoms with van der Waals surface area (Å²) in [7, 11) is 0. The Labute approximate surface area is 538 Å². The van der Waals surface area contributed by atoms with Crippen LogP contribution in [0.2, 0.25) is 0 Å². The predicted molar refractivity (Wildman–Crippen MR) is 347 cm³/mol. The maximum Gasteiger partial charge on any atom is 0.220 e. The second-order valence-corrected chi connectivity index (χ2v) is 26.8. The summed E-state index contributed by atoms with van der Waals surface area (Å²) in [6, 6.07) is -0.882. The molecule has 1 amide bonds. The highest BCUT2D eigenvalue weighted by Gasteiger charge is 2.53. The van der Waals surface area contributed by atoms with Crippen molar-refractivity contribution in [3.05, 3.63) is 0 Å². The highest BCUT2D eigenvalue weighted by atomic mass is 16.8. The monoisotopic (exact) mass is 1280 g/mol. The topological polar surface area (TPSA) is 307 Å². The Kier molecular flexibility index (Phi) is 48.8. The van der Waals surface area contributed by atoms with Gasteiger partial charge < -0.3 is 89.9 Å². The molecule has 3 rings (SSSR count). The van der Waals surface area contributed by atoms with Gasteiger partial charge in [-0.15, -0.1) is 0 Å². The van der Waals surface area contributed by atoms with Gasteiger partial charge in [0.2, 0.25) is 5.91 Å². The van der Waals surface area contributed by atoms with Crippen LogP contribution in [0.15, 0.2) is 0 Å². The molecule has 3 fully saturated rings. The second-order valence-electron chi connectivity index (χ2n) is 26.8. The standard InChI is InChI=1S/C70H135NO18/c1-3-5-7-9-11-13-15-17-19-21-23-25-26-27-28-30-32-34-36-38-40-42-44-46-48-58(76)71-53(54(75)47-45-43-41-39-37-35-33-31-29-24-22-20-18-16-14-12-10-8-6-4-2)52-84-68-64(82)61(79)66(56(50-73)86-68)89-70-65(83)62(80)67(57(51-74)87-70)88-69-63(81)60(78)59(77)55(49-72)85-69/h53-57,59-70,72-75,77-83H,3-52H2,1-2H3,(H,71,76). The fraction of sp³-hybridized carbons (Fsp3) is 0.986. The van der Waals surface area contributed by atoms with Crippen LogP contribution < -0.4 is 5.32 Å². The lowest BCUT2D eigenvalue weighted by atomic mass is 9.96. The first-order valence-corrected chi connectivity index (χ1v) is 36.8. The van der Waals surface area contributed by atoms with Crippen molar-refractivity contribution in [1.29, 1.82) is 0 Å². The molecule has 19 nitrogen and oxygen atoms in total. The van der Waals surface area contributed by atoms with Gasteiger partial charge in [-0.05, 0) is 12.8 Å². The largest absolute Gasteiger partial charge is 0.394 e. The molecule has 3 heterocycles.